The summed E-state index contributed by atoms with van der Waals surface area (Å²) in [6.45, 7) is 5.03. The quantitative estimate of drug-likeness (QED) is 0.774. The minimum absolute atomic E-state index is 0.0680. The average Bonchev–Trinajstić information content (AvgIpc) is 2.27. The summed E-state index contributed by atoms with van der Waals surface area (Å²) in [5.74, 6) is 0. The highest BCUT2D eigenvalue weighted by molar-refractivity contribution is 6.36. The topological polar surface area (TPSA) is 58.3 Å². The van der Waals surface area contributed by atoms with Gasteiger partial charge in [-0.1, -0.05) is 23.2 Å². The van der Waals surface area contributed by atoms with E-state index in [0.717, 1.165) is 5.56 Å². The van der Waals surface area contributed by atoms with Crippen LogP contribution in [0.1, 0.15) is 25.0 Å². The summed E-state index contributed by atoms with van der Waals surface area (Å²) < 4.78 is 0. The first-order chi connectivity index (χ1) is 7.89. The summed E-state index contributed by atoms with van der Waals surface area (Å²) >= 11 is 12.2. The third-order valence-corrected chi connectivity index (χ3v) is 3.31. The van der Waals surface area contributed by atoms with Crippen molar-refractivity contribution < 1.29 is 5.11 Å². The number of aliphatic hydroxyl groups excluding tert-OH is 1. The van der Waals surface area contributed by atoms with E-state index in [4.69, 9.17) is 34.0 Å². The number of benzene rings is 1. The fourth-order valence-corrected chi connectivity index (χ4v) is 1.98. The minimum Gasteiger partial charge on any atom is -0.392 e. The second-order valence-electron chi connectivity index (χ2n) is 4.64. The molecule has 0 fully saturated rings. The van der Waals surface area contributed by atoms with Crippen molar-refractivity contribution >= 4 is 23.2 Å². The largest absolute Gasteiger partial charge is 0.392 e. The Labute approximate surface area is 112 Å². The first-order valence-corrected chi connectivity index (χ1v) is 6.18. The summed E-state index contributed by atoms with van der Waals surface area (Å²) in [6, 6.07) is 3.44. The van der Waals surface area contributed by atoms with E-state index in [1.807, 2.05) is 13.8 Å². The van der Waals surface area contributed by atoms with Crippen LogP contribution in [0.15, 0.2) is 12.1 Å². The molecular weight excluding hydrogens is 259 g/mol. The molecule has 0 bridgehead atoms. The van der Waals surface area contributed by atoms with Crippen LogP contribution >= 0.6 is 23.2 Å². The van der Waals surface area contributed by atoms with Gasteiger partial charge in [0.15, 0.2) is 0 Å². The molecule has 0 aliphatic rings. The van der Waals surface area contributed by atoms with Crippen molar-refractivity contribution in [3.8, 4) is 0 Å². The summed E-state index contributed by atoms with van der Waals surface area (Å²) in [4.78, 5) is 0. The fraction of sp³-hybridized carbons (Fsp3) is 0.500. The predicted octanol–water partition coefficient (Wildman–Crippen LogP) is 2.31. The number of hydrogen-bond acceptors (Lipinski definition) is 3. The molecule has 0 aliphatic carbocycles. The van der Waals surface area contributed by atoms with E-state index in [1.165, 1.54) is 0 Å². The summed E-state index contributed by atoms with van der Waals surface area (Å²) in [5, 5.41) is 13.4. The van der Waals surface area contributed by atoms with Crippen LogP contribution in [0.3, 0.4) is 0 Å². The van der Waals surface area contributed by atoms with Crippen LogP contribution in [0.2, 0.25) is 10.0 Å². The summed E-state index contributed by atoms with van der Waals surface area (Å²) in [5.41, 5.74) is 7.00. The Hall–Kier alpha value is -0.320. The molecular formula is C12H18Cl2N2O. The first-order valence-electron chi connectivity index (χ1n) is 5.42. The van der Waals surface area contributed by atoms with E-state index in [-0.39, 0.29) is 12.1 Å². The van der Waals surface area contributed by atoms with Gasteiger partial charge in [0.1, 0.15) is 0 Å². The van der Waals surface area contributed by atoms with Crippen LogP contribution in [0.25, 0.3) is 0 Å². The monoisotopic (exact) mass is 276 g/mol. The Balaban J connectivity index is 2.85. The van der Waals surface area contributed by atoms with Crippen LogP contribution in [0, 0.1) is 0 Å². The Morgan fingerprint density at radius 3 is 2.24 bits per heavy atom. The molecule has 0 amide bonds. The van der Waals surface area contributed by atoms with Crippen molar-refractivity contribution in [3.05, 3.63) is 33.3 Å². The van der Waals surface area contributed by atoms with Crippen molar-refractivity contribution in [2.45, 2.75) is 32.5 Å². The Morgan fingerprint density at radius 1 is 1.29 bits per heavy atom. The lowest BCUT2D eigenvalue weighted by atomic mass is 10.1. The number of aliphatic hydroxyl groups is 1. The zero-order valence-corrected chi connectivity index (χ0v) is 11.6. The number of halogens is 2. The van der Waals surface area contributed by atoms with Gasteiger partial charge in [-0.2, -0.15) is 0 Å². The van der Waals surface area contributed by atoms with E-state index in [2.05, 4.69) is 5.32 Å². The van der Waals surface area contributed by atoms with Gasteiger partial charge in [-0.15, -0.1) is 0 Å². The molecule has 1 aromatic carbocycles. The van der Waals surface area contributed by atoms with Crippen molar-refractivity contribution in [1.82, 2.24) is 5.32 Å². The molecule has 0 saturated carbocycles. The smallest absolute Gasteiger partial charge is 0.0682 e. The van der Waals surface area contributed by atoms with Gasteiger partial charge in [0.05, 0.1) is 6.61 Å². The molecule has 0 saturated heterocycles. The van der Waals surface area contributed by atoms with Gasteiger partial charge in [0, 0.05) is 34.2 Å². The normalized spacial score (nSPS) is 11.9. The van der Waals surface area contributed by atoms with E-state index >= 15 is 0 Å². The molecule has 0 atom stereocenters. The predicted molar refractivity (Wildman–Crippen MR) is 72.4 cm³/mol. The number of nitrogens with two attached hydrogens (primary N) is 1. The van der Waals surface area contributed by atoms with Crippen LogP contribution in [-0.2, 0) is 13.2 Å². The molecule has 0 heterocycles. The van der Waals surface area contributed by atoms with Crippen molar-refractivity contribution in [2.24, 2.45) is 5.73 Å². The molecule has 1 aromatic rings. The van der Waals surface area contributed by atoms with Crippen LogP contribution in [-0.4, -0.2) is 17.2 Å². The van der Waals surface area contributed by atoms with Crippen molar-refractivity contribution in [1.29, 1.82) is 0 Å². The molecule has 0 aliphatic heterocycles. The molecule has 96 valence electrons. The second-order valence-corrected chi connectivity index (χ2v) is 5.45. The van der Waals surface area contributed by atoms with Gasteiger partial charge < -0.3 is 16.2 Å². The van der Waals surface area contributed by atoms with Gasteiger partial charge in [0.2, 0.25) is 0 Å². The molecule has 5 heteroatoms. The SMILES string of the molecule is CC(C)(CN)NCc1c(Cl)cc(CO)cc1Cl. The third-order valence-electron chi connectivity index (χ3n) is 2.64. The lowest BCUT2D eigenvalue weighted by Crippen LogP contribution is -2.45. The number of hydrogen-bond donors (Lipinski definition) is 3. The van der Waals surface area contributed by atoms with Gasteiger partial charge >= 0.3 is 0 Å². The minimum atomic E-state index is -0.164. The lowest BCUT2D eigenvalue weighted by Gasteiger charge is -2.25. The van der Waals surface area contributed by atoms with Crippen molar-refractivity contribution in [2.75, 3.05) is 6.54 Å². The molecule has 0 spiro atoms. The highest BCUT2D eigenvalue weighted by Gasteiger charge is 2.16. The molecule has 4 N–H and O–H groups in total. The Kier molecular flexibility index (Phi) is 5.22. The molecule has 0 unspecified atom stereocenters. The zero-order valence-electron chi connectivity index (χ0n) is 10.1. The molecule has 17 heavy (non-hydrogen) atoms. The Bertz CT molecular complexity index is 371. The number of nitrogens with one attached hydrogen (secondary N) is 1. The second kappa shape index (κ2) is 6.03. The molecule has 0 aromatic heterocycles. The van der Waals surface area contributed by atoms with Gasteiger partial charge in [-0.3, -0.25) is 0 Å². The van der Waals surface area contributed by atoms with Crippen LogP contribution in [0.4, 0.5) is 0 Å². The van der Waals surface area contributed by atoms with E-state index in [9.17, 15) is 0 Å². The standard InChI is InChI=1S/C12H18Cl2N2O/c1-12(2,7-15)16-5-9-10(13)3-8(6-17)4-11(9)14/h3-4,16-17H,5-7,15H2,1-2H3. The van der Waals surface area contributed by atoms with E-state index < -0.39 is 0 Å². The molecule has 0 radical (unpaired) electrons. The number of rotatable bonds is 5. The van der Waals surface area contributed by atoms with Gasteiger partial charge in [-0.25, -0.2) is 0 Å². The van der Waals surface area contributed by atoms with Crippen molar-refractivity contribution in [3.63, 3.8) is 0 Å². The fourth-order valence-electron chi connectivity index (χ4n) is 1.32. The van der Waals surface area contributed by atoms with Gasteiger partial charge in [-0.05, 0) is 31.5 Å². The van der Waals surface area contributed by atoms with E-state index in [1.54, 1.807) is 12.1 Å². The third kappa shape index (κ3) is 4.12. The van der Waals surface area contributed by atoms with Gasteiger partial charge in [0.25, 0.3) is 0 Å². The van der Waals surface area contributed by atoms with E-state index in [0.29, 0.717) is 28.7 Å². The summed E-state index contributed by atoms with van der Waals surface area (Å²) in [6.07, 6.45) is 0. The molecule has 1 rings (SSSR count). The summed E-state index contributed by atoms with van der Waals surface area (Å²) in [7, 11) is 0. The maximum Gasteiger partial charge on any atom is 0.0682 e. The maximum absolute atomic E-state index is 9.03. The van der Waals surface area contributed by atoms with Crippen LogP contribution in [0.5, 0.6) is 0 Å². The lowest BCUT2D eigenvalue weighted by molar-refractivity contribution is 0.282. The first kappa shape index (κ1) is 14.7. The molecule has 3 nitrogen and oxygen atoms in total. The Morgan fingerprint density at radius 2 is 1.82 bits per heavy atom. The van der Waals surface area contributed by atoms with Crippen LogP contribution < -0.4 is 11.1 Å². The average molecular weight is 277 g/mol. The highest BCUT2D eigenvalue weighted by atomic mass is 35.5. The highest BCUT2D eigenvalue weighted by Crippen LogP contribution is 2.27. The maximum atomic E-state index is 9.03. The zero-order chi connectivity index (χ0) is 13.1.